The molecular formula is C13H17NO. The van der Waals surface area contributed by atoms with E-state index in [1.165, 1.54) is 11.1 Å². The van der Waals surface area contributed by atoms with Crippen molar-refractivity contribution >= 4 is 11.6 Å². The summed E-state index contributed by atoms with van der Waals surface area (Å²) in [6.07, 6.45) is 2.13. The van der Waals surface area contributed by atoms with Gasteiger partial charge in [0.2, 0.25) is 5.91 Å². The first-order valence-corrected chi connectivity index (χ1v) is 5.44. The summed E-state index contributed by atoms with van der Waals surface area (Å²) in [6.45, 7) is 4.12. The van der Waals surface area contributed by atoms with Crippen LogP contribution in [0, 0.1) is 19.8 Å². The number of aryl methyl sites for hydroxylation is 2. The molecule has 80 valence electrons. The van der Waals surface area contributed by atoms with E-state index in [2.05, 4.69) is 32.0 Å². The van der Waals surface area contributed by atoms with Crippen molar-refractivity contribution < 1.29 is 4.79 Å². The van der Waals surface area contributed by atoms with Crippen molar-refractivity contribution in [1.82, 2.24) is 0 Å². The highest BCUT2D eigenvalue weighted by atomic mass is 16.2. The Balaban J connectivity index is 2.23. The zero-order chi connectivity index (χ0) is 11.0. The van der Waals surface area contributed by atoms with Gasteiger partial charge in [-0.25, -0.2) is 0 Å². The number of amides is 1. The third-order valence-corrected chi connectivity index (χ3v) is 2.85. The third-order valence-electron chi connectivity index (χ3n) is 2.85. The summed E-state index contributed by atoms with van der Waals surface area (Å²) in [5, 5.41) is 0. The maximum atomic E-state index is 11.9. The molecule has 0 heterocycles. The molecule has 0 aliphatic heterocycles. The van der Waals surface area contributed by atoms with E-state index in [1.54, 1.807) is 4.90 Å². The minimum Gasteiger partial charge on any atom is -0.315 e. The first-order valence-electron chi connectivity index (χ1n) is 5.44. The molecule has 0 bridgehead atoms. The summed E-state index contributed by atoms with van der Waals surface area (Å²) in [5.41, 5.74) is 3.44. The molecule has 0 unspecified atom stereocenters. The highest BCUT2D eigenvalue weighted by molar-refractivity contribution is 5.96. The molecule has 0 aromatic heterocycles. The Labute approximate surface area is 90.9 Å². The van der Waals surface area contributed by atoms with Gasteiger partial charge in [-0.05, 0) is 49.9 Å². The lowest BCUT2D eigenvalue weighted by molar-refractivity contribution is -0.119. The largest absolute Gasteiger partial charge is 0.315 e. The van der Waals surface area contributed by atoms with E-state index in [9.17, 15) is 4.79 Å². The van der Waals surface area contributed by atoms with Gasteiger partial charge in [-0.15, -0.1) is 0 Å². The van der Waals surface area contributed by atoms with E-state index in [0.29, 0.717) is 0 Å². The molecule has 1 aliphatic carbocycles. The van der Waals surface area contributed by atoms with E-state index in [0.717, 1.165) is 18.5 Å². The van der Waals surface area contributed by atoms with Gasteiger partial charge in [0.1, 0.15) is 0 Å². The Morgan fingerprint density at radius 2 is 1.73 bits per heavy atom. The molecule has 2 rings (SSSR count). The average Bonchev–Trinajstić information content (AvgIpc) is 2.97. The third kappa shape index (κ3) is 2.20. The second-order valence-corrected chi connectivity index (χ2v) is 4.52. The van der Waals surface area contributed by atoms with E-state index in [4.69, 9.17) is 0 Å². The van der Waals surface area contributed by atoms with Gasteiger partial charge in [-0.1, -0.05) is 6.07 Å². The SMILES string of the molecule is Cc1cc(C)cc(N(C)C(=O)C2CC2)c1. The van der Waals surface area contributed by atoms with Crippen LogP contribution in [0.5, 0.6) is 0 Å². The van der Waals surface area contributed by atoms with Crippen LogP contribution in [0.15, 0.2) is 18.2 Å². The van der Waals surface area contributed by atoms with Crippen molar-refractivity contribution in [2.24, 2.45) is 5.92 Å². The lowest BCUT2D eigenvalue weighted by Crippen LogP contribution is -2.27. The van der Waals surface area contributed by atoms with Crippen LogP contribution in [0.2, 0.25) is 0 Å². The van der Waals surface area contributed by atoms with E-state index < -0.39 is 0 Å². The van der Waals surface area contributed by atoms with Crippen LogP contribution in [0.4, 0.5) is 5.69 Å². The fourth-order valence-electron chi connectivity index (χ4n) is 1.88. The quantitative estimate of drug-likeness (QED) is 0.723. The van der Waals surface area contributed by atoms with Crippen molar-refractivity contribution in [2.45, 2.75) is 26.7 Å². The van der Waals surface area contributed by atoms with Crippen LogP contribution in [-0.4, -0.2) is 13.0 Å². The molecule has 0 radical (unpaired) electrons. The molecule has 1 aliphatic rings. The Kier molecular flexibility index (Phi) is 2.51. The van der Waals surface area contributed by atoms with Crippen molar-refractivity contribution in [2.75, 3.05) is 11.9 Å². The van der Waals surface area contributed by atoms with E-state index in [1.807, 2.05) is 7.05 Å². The van der Waals surface area contributed by atoms with E-state index >= 15 is 0 Å². The van der Waals surface area contributed by atoms with Gasteiger partial charge in [0.15, 0.2) is 0 Å². The lowest BCUT2D eigenvalue weighted by Gasteiger charge is -2.18. The minimum absolute atomic E-state index is 0.264. The van der Waals surface area contributed by atoms with Crippen molar-refractivity contribution in [1.29, 1.82) is 0 Å². The maximum Gasteiger partial charge on any atom is 0.229 e. The van der Waals surface area contributed by atoms with Crippen LogP contribution < -0.4 is 4.90 Å². The van der Waals surface area contributed by atoms with Crippen LogP contribution in [0.1, 0.15) is 24.0 Å². The molecule has 1 aromatic carbocycles. The van der Waals surface area contributed by atoms with Gasteiger partial charge in [0.05, 0.1) is 0 Å². The number of anilines is 1. The van der Waals surface area contributed by atoms with Crippen LogP contribution in [-0.2, 0) is 4.79 Å². The summed E-state index contributed by atoms with van der Waals surface area (Å²) >= 11 is 0. The number of carbonyl (C=O) groups is 1. The van der Waals surface area contributed by atoms with Crippen LogP contribution >= 0.6 is 0 Å². The average molecular weight is 203 g/mol. The molecule has 15 heavy (non-hydrogen) atoms. The summed E-state index contributed by atoms with van der Waals surface area (Å²) in [7, 11) is 1.87. The Morgan fingerprint density at radius 1 is 1.20 bits per heavy atom. The van der Waals surface area contributed by atoms with Gasteiger partial charge in [-0.2, -0.15) is 0 Å². The molecular weight excluding hydrogens is 186 g/mol. The number of hydrogen-bond donors (Lipinski definition) is 0. The van der Waals surface area contributed by atoms with Crippen molar-refractivity contribution in [3.05, 3.63) is 29.3 Å². The molecule has 0 atom stereocenters. The van der Waals surface area contributed by atoms with Crippen LogP contribution in [0.25, 0.3) is 0 Å². The predicted molar refractivity (Wildman–Crippen MR) is 62.1 cm³/mol. The summed E-state index contributed by atoms with van der Waals surface area (Å²) in [6, 6.07) is 6.25. The van der Waals surface area contributed by atoms with Crippen LogP contribution in [0.3, 0.4) is 0 Å². The fraction of sp³-hybridized carbons (Fsp3) is 0.462. The number of carbonyl (C=O) groups excluding carboxylic acids is 1. The zero-order valence-corrected chi connectivity index (χ0v) is 9.58. The summed E-state index contributed by atoms with van der Waals surface area (Å²) in [4.78, 5) is 13.6. The van der Waals surface area contributed by atoms with Gasteiger partial charge >= 0.3 is 0 Å². The van der Waals surface area contributed by atoms with E-state index in [-0.39, 0.29) is 11.8 Å². The molecule has 0 spiro atoms. The predicted octanol–water partition coefficient (Wildman–Crippen LogP) is 2.68. The van der Waals surface area contributed by atoms with Crippen molar-refractivity contribution in [3.63, 3.8) is 0 Å². The minimum atomic E-state index is 0.264. The molecule has 1 amide bonds. The molecule has 0 N–H and O–H groups in total. The van der Waals surface area contributed by atoms with Gasteiger partial charge in [-0.3, -0.25) is 4.79 Å². The first kappa shape index (κ1) is 10.2. The number of rotatable bonds is 2. The maximum absolute atomic E-state index is 11.9. The number of nitrogens with zero attached hydrogens (tertiary/aromatic N) is 1. The normalized spacial score (nSPS) is 15.1. The fourth-order valence-corrected chi connectivity index (χ4v) is 1.88. The zero-order valence-electron chi connectivity index (χ0n) is 9.58. The molecule has 0 saturated heterocycles. The molecule has 1 saturated carbocycles. The van der Waals surface area contributed by atoms with Gasteiger partial charge in [0.25, 0.3) is 0 Å². The monoisotopic (exact) mass is 203 g/mol. The Morgan fingerprint density at radius 3 is 2.20 bits per heavy atom. The second-order valence-electron chi connectivity index (χ2n) is 4.52. The molecule has 1 fully saturated rings. The summed E-state index contributed by atoms with van der Waals surface area (Å²) in [5.74, 6) is 0.552. The summed E-state index contributed by atoms with van der Waals surface area (Å²) < 4.78 is 0. The topological polar surface area (TPSA) is 20.3 Å². The highest BCUT2D eigenvalue weighted by Crippen LogP contribution is 2.32. The smallest absolute Gasteiger partial charge is 0.229 e. The highest BCUT2D eigenvalue weighted by Gasteiger charge is 2.32. The molecule has 2 nitrogen and oxygen atoms in total. The standard InChI is InChI=1S/C13H17NO/c1-9-6-10(2)8-12(7-9)14(3)13(15)11-4-5-11/h6-8,11H,4-5H2,1-3H3. The molecule has 2 heteroatoms. The Bertz CT molecular complexity index is 373. The van der Waals surface area contributed by atoms with Gasteiger partial charge in [0, 0.05) is 18.7 Å². The van der Waals surface area contributed by atoms with Gasteiger partial charge < -0.3 is 4.90 Å². The Hall–Kier alpha value is -1.31. The van der Waals surface area contributed by atoms with Crippen molar-refractivity contribution in [3.8, 4) is 0 Å². The number of hydrogen-bond acceptors (Lipinski definition) is 1. The molecule has 1 aromatic rings. The second kappa shape index (κ2) is 3.69. The number of benzene rings is 1. The first-order chi connectivity index (χ1) is 7.08. The lowest BCUT2D eigenvalue weighted by atomic mass is 10.1.